The Morgan fingerprint density at radius 1 is 0.700 bits per heavy atom. The molecule has 11 heteroatoms. The van der Waals surface area contributed by atoms with Crippen molar-refractivity contribution in [3.8, 4) is 0 Å². The van der Waals surface area contributed by atoms with Gasteiger partial charge in [0.25, 0.3) is 0 Å². The molecule has 170 valence electrons. The molecule has 2 saturated heterocycles. The third kappa shape index (κ3) is 4.98. The van der Waals surface area contributed by atoms with Crippen LogP contribution in [0.4, 0.5) is 0 Å². The van der Waals surface area contributed by atoms with Crippen LogP contribution in [0.1, 0.15) is 5.56 Å². The Kier molecular flexibility index (Phi) is 8.12. The molecule has 10 unspecified atom stereocenters. The van der Waals surface area contributed by atoms with E-state index in [4.69, 9.17) is 18.9 Å². The van der Waals surface area contributed by atoms with Gasteiger partial charge in [0.15, 0.2) is 12.6 Å². The van der Waals surface area contributed by atoms with E-state index < -0.39 is 74.6 Å². The van der Waals surface area contributed by atoms with Crippen molar-refractivity contribution in [3.63, 3.8) is 0 Å². The maximum Gasteiger partial charge on any atom is 0.187 e. The van der Waals surface area contributed by atoms with E-state index in [0.717, 1.165) is 5.56 Å². The smallest absolute Gasteiger partial charge is 0.187 e. The van der Waals surface area contributed by atoms with Crippen molar-refractivity contribution < 1.29 is 54.7 Å². The van der Waals surface area contributed by atoms with Crippen LogP contribution in [0.5, 0.6) is 0 Å². The van der Waals surface area contributed by atoms with Crippen LogP contribution in [0, 0.1) is 0 Å². The summed E-state index contributed by atoms with van der Waals surface area (Å²) in [5, 5.41) is 69.8. The van der Waals surface area contributed by atoms with E-state index in [1.165, 1.54) is 0 Å². The Morgan fingerprint density at radius 2 is 1.30 bits per heavy atom. The van der Waals surface area contributed by atoms with Gasteiger partial charge in [-0.15, -0.1) is 0 Å². The van der Waals surface area contributed by atoms with Crippen molar-refractivity contribution in [2.75, 3.05) is 13.2 Å². The summed E-state index contributed by atoms with van der Waals surface area (Å²) in [5.74, 6) is 0. The minimum atomic E-state index is -1.72. The first kappa shape index (κ1) is 23.4. The van der Waals surface area contributed by atoms with Crippen LogP contribution in [0.25, 0.3) is 0 Å². The highest BCUT2D eigenvalue weighted by Crippen LogP contribution is 2.29. The SMILES string of the molecule is OCC1OC(OC2C(O)C(CO)OC(OCc3ccccc3)C2O)C(O)C(O)C1O. The van der Waals surface area contributed by atoms with Crippen LogP contribution in [-0.4, -0.2) is 110 Å². The van der Waals surface area contributed by atoms with Crippen LogP contribution in [0.3, 0.4) is 0 Å². The van der Waals surface area contributed by atoms with Gasteiger partial charge >= 0.3 is 0 Å². The number of hydrogen-bond acceptors (Lipinski definition) is 11. The number of hydrogen-bond donors (Lipinski definition) is 7. The van der Waals surface area contributed by atoms with Gasteiger partial charge in [0.05, 0.1) is 19.8 Å². The summed E-state index contributed by atoms with van der Waals surface area (Å²) in [6, 6.07) is 9.05. The molecule has 0 spiro atoms. The first-order valence-electron chi connectivity index (χ1n) is 9.61. The second kappa shape index (κ2) is 10.4. The van der Waals surface area contributed by atoms with Crippen LogP contribution in [0.2, 0.25) is 0 Å². The third-order valence-corrected chi connectivity index (χ3v) is 5.22. The zero-order valence-corrected chi connectivity index (χ0v) is 16.0. The number of ether oxygens (including phenoxy) is 4. The summed E-state index contributed by atoms with van der Waals surface area (Å²) in [6.07, 6.45) is -14.7. The van der Waals surface area contributed by atoms with E-state index >= 15 is 0 Å². The zero-order valence-electron chi connectivity index (χ0n) is 16.0. The lowest BCUT2D eigenvalue weighted by atomic mass is 9.97. The molecule has 1 aromatic carbocycles. The van der Waals surface area contributed by atoms with E-state index in [1.54, 1.807) is 12.1 Å². The highest BCUT2D eigenvalue weighted by Gasteiger charge is 2.50. The van der Waals surface area contributed by atoms with Crippen LogP contribution in [-0.2, 0) is 25.6 Å². The molecular weight excluding hydrogens is 404 g/mol. The number of benzene rings is 1. The molecule has 10 atom stereocenters. The highest BCUT2D eigenvalue weighted by molar-refractivity contribution is 5.13. The quantitative estimate of drug-likeness (QED) is 0.231. The van der Waals surface area contributed by atoms with E-state index in [9.17, 15) is 35.7 Å². The molecule has 0 aromatic heterocycles. The van der Waals surface area contributed by atoms with Crippen molar-refractivity contribution in [1.82, 2.24) is 0 Å². The minimum Gasteiger partial charge on any atom is -0.394 e. The summed E-state index contributed by atoms with van der Waals surface area (Å²) in [6.45, 7) is -1.19. The Morgan fingerprint density at radius 3 is 1.93 bits per heavy atom. The van der Waals surface area contributed by atoms with Crippen molar-refractivity contribution in [2.45, 2.75) is 68.0 Å². The van der Waals surface area contributed by atoms with Gasteiger partial charge in [-0.2, -0.15) is 0 Å². The monoisotopic (exact) mass is 432 g/mol. The zero-order chi connectivity index (χ0) is 21.8. The maximum absolute atomic E-state index is 10.6. The first-order chi connectivity index (χ1) is 14.4. The molecule has 3 rings (SSSR count). The molecular formula is C19H28O11. The summed E-state index contributed by atoms with van der Waals surface area (Å²) in [7, 11) is 0. The second-order valence-corrected chi connectivity index (χ2v) is 7.30. The fourth-order valence-corrected chi connectivity index (χ4v) is 3.44. The van der Waals surface area contributed by atoms with Gasteiger partial charge < -0.3 is 54.7 Å². The standard InChI is InChI=1S/C19H28O11/c20-6-10-12(22)14(24)15(25)19(29-10)30-17-13(23)11(7-21)28-18(16(17)26)27-8-9-4-2-1-3-5-9/h1-5,10-26H,6-8H2. The maximum atomic E-state index is 10.6. The molecule has 2 heterocycles. The molecule has 7 N–H and O–H groups in total. The van der Waals surface area contributed by atoms with Crippen LogP contribution in [0.15, 0.2) is 30.3 Å². The Bertz CT molecular complexity index is 645. The molecule has 0 bridgehead atoms. The molecule has 2 aliphatic heterocycles. The minimum absolute atomic E-state index is 0.0730. The Labute approximate surface area is 172 Å². The van der Waals surface area contributed by atoms with Gasteiger partial charge in [0.2, 0.25) is 0 Å². The topological polar surface area (TPSA) is 179 Å². The van der Waals surface area contributed by atoms with Crippen molar-refractivity contribution in [2.24, 2.45) is 0 Å². The van der Waals surface area contributed by atoms with Crippen molar-refractivity contribution in [1.29, 1.82) is 0 Å². The van der Waals surface area contributed by atoms with Gasteiger partial charge in [0.1, 0.15) is 48.8 Å². The summed E-state index contributed by atoms with van der Waals surface area (Å²) in [4.78, 5) is 0. The van der Waals surface area contributed by atoms with Crippen LogP contribution < -0.4 is 0 Å². The van der Waals surface area contributed by atoms with Crippen molar-refractivity contribution >= 4 is 0 Å². The lowest BCUT2D eigenvalue weighted by Gasteiger charge is -2.45. The van der Waals surface area contributed by atoms with E-state index in [0.29, 0.717) is 0 Å². The Balaban J connectivity index is 1.71. The second-order valence-electron chi connectivity index (χ2n) is 7.30. The Hall–Kier alpha value is -1.22. The number of rotatable bonds is 7. The predicted octanol–water partition coefficient (Wildman–Crippen LogP) is -3.17. The molecule has 0 aliphatic carbocycles. The molecule has 0 amide bonds. The van der Waals surface area contributed by atoms with Gasteiger partial charge in [-0.05, 0) is 5.56 Å². The van der Waals surface area contributed by atoms with Gasteiger partial charge in [-0.25, -0.2) is 0 Å². The largest absolute Gasteiger partial charge is 0.394 e. The fourth-order valence-electron chi connectivity index (χ4n) is 3.44. The van der Waals surface area contributed by atoms with E-state index in [1.807, 2.05) is 18.2 Å². The molecule has 2 aliphatic rings. The lowest BCUT2D eigenvalue weighted by Crippen LogP contribution is -2.64. The molecule has 0 saturated carbocycles. The van der Waals surface area contributed by atoms with Gasteiger partial charge in [0, 0.05) is 0 Å². The predicted molar refractivity (Wildman–Crippen MR) is 97.6 cm³/mol. The van der Waals surface area contributed by atoms with Gasteiger partial charge in [-0.3, -0.25) is 0 Å². The van der Waals surface area contributed by atoms with Crippen molar-refractivity contribution in [3.05, 3.63) is 35.9 Å². The van der Waals surface area contributed by atoms with E-state index in [-0.39, 0.29) is 6.61 Å². The molecule has 0 radical (unpaired) electrons. The average Bonchev–Trinajstić information content (AvgIpc) is 2.76. The number of aliphatic hydroxyl groups excluding tert-OH is 7. The highest BCUT2D eigenvalue weighted by atomic mass is 16.7. The summed E-state index contributed by atoms with van der Waals surface area (Å²) < 4.78 is 21.8. The summed E-state index contributed by atoms with van der Waals surface area (Å²) in [5.41, 5.74) is 0.798. The average molecular weight is 432 g/mol. The molecule has 30 heavy (non-hydrogen) atoms. The molecule has 1 aromatic rings. The van der Waals surface area contributed by atoms with Crippen LogP contribution >= 0.6 is 0 Å². The lowest BCUT2D eigenvalue weighted by molar-refractivity contribution is -0.361. The third-order valence-electron chi connectivity index (χ3n) is 5.22. The number of aliphatic hydroxyl groups is 7. The first-order valence-corrected chi connectivity index (χ1v) is 9.61. The molecule has 11 nitrogen and oxygen atoms in total. The normalized spacial score (nSPS) is 42.2. The summed E-state index contributed by atoms with van der Waals surface area (Å²) >= 11 is 0. The van der Waals surface area contributed by atoms with Gasteiger partial charge in [-0.1, -0.05) is 30.3 Å². The fraction of sp³-hybridized carbons (Fsp3) is 0.684. The van der Waals surface area contributed by atoms with E-state index in [2.05, 4.69) is 0 Å². The molecule has 2 fully saturated rings.